The van der Waals surface area contributed by atoms with E-state index in [9.17, 15) is 4.79 Å². The van der Waals surface area contributed by atoms with Gasteiger partial charge in [0.2, 0.25) is 5.91 Å². The molecule has 1 heterocycles. The molecule has 19 heavy (non-hydrogen) atoms. The standard InChI is InChI=1S/C15H29N3O/c1-4-8-17-15(13(16)19,12-5-6-12)11-18-9-7-14(2,3)10-18/h12,17H,4-11H2,1-3H3,(H2,16,19). The summed E-state index contributed by atoms with van der Waals surface area (Å²) in [5.41, 5.74) is 5.65. The third-order valence-corrected chi connectivity index (χ3v) is 4.63. The molecule has 1 unspecified atom stereocenters. The number of primary amides is 1. The van der Waals surface area contributed by atoms with Crippen LogP contribution in [0.5, 0.6) is 0 Å². The highest BCUT2D eigenvalue weighted by molar-refractivity contribution is 5.86. The SMILES string of the molecule is CCCNC(CN1CCC(C)(C)C1)(C(N)=O)C1CC1. The van der Waals surface area contributed by atoms with E-state index in [1.54, 1.807) is 0 Å². The van der Waals surface area contributed by atoms with E-state index in [1.807, 2.05) is 0 Å². The fourth-order valence-electron chi connectivity index (χ4n) is 3.33. The van der Waals surface area contributed by atoms with Crippen LogP contribution in [0.1, 0.15) is 46.5 Å². The Kier molecular flexibility index (Phi) is 4.21. The van der Waals surface area contributed by atoms with Crippen molar-refractivity contribution in [2.24, 2.45) is 17.1 Å². The van der Waals surface area contributed by atoms with E-state index in [0.29, 0.717) is 11.3 Å². The lowest BCUT2D eigenvalue weighted by atomic mass is 9.90. The molecule has 1 amide bonds. The van der Waals surface area contributed by atoms with E-state index in [1.165, 1.54) is 6.42 Å². The fourth-order valence-corrected chi connectivity index (χ4v) is 3.33. The van der Waals surface area contributed by atoms with Gasteiger partial charge in [-0.05, 0) is 50.1 Å². The average Bonchev–Trinajstić information content (AvgIpc) is 3.10. The molecule has 110 valence electrons. The van der Waals surface area contributed by atoms with Crippen molar-refractivity contribution in [2.75, 3.05) is 26.2 Å². The normalized spacial score (nSPS) is 26.3. The van der Waals surface area contributed by atoms with Gasteiger partial charge in [-0.3, -0.25) is 4.79 Å². The van der Waals surface area contributed by atoms with Crippen LogP contribution in [0.4, 0.5) is 0 Å². The van der Waals surface area contributed by atoms with Gasteiger partial charge in [0.25, 0.3) is 0 Å². The smallest absolute Gasteiger partial charge is 0.239 e. The van der Waals surface area contributed by atoms with Crippen molar-refractivity contribution >= 4 is 5.91 Å². The highest BCUT2D eigenvalue weighted by Gasteiger charge is 2.51. The Morgan fingerprint density at radius 1 is 1.47 bits per heavy atom. The lowest BCUT2D eigenvalue weighted by Crippen LogP contribution is -2.63. The first-order chi connectivity index (χ1) is 8.89. The third-order valence-electron chi connectivity index (χ3n) is 4.63. The van der Waals surface area contributed by atoms with Crippen molar-refractivity contribution in [3.8, 4) is 0 Å². The molecular weight excluding hydrogens is 238 g/mol. The van der Waals surface area contributed by atoms with Crippen molar-refractivity contribution in [1.29, 1.82) is 0 Å². The van der Waals surface area contributed by atoms with Crippen LogP contribution in [0, 0.1) is 11.3 Å². The van der Waals surface area contributed by atoms with Crippen molar-refractivity contribution in [1.82, 2.24) is 10.2 Å². The Morgan fingerprint density at radius 2 is 2.16 bits per heavy atom. The minimum Gasteiger partial charge on any atom is -0.368 e. The molecule has 0 bridgehead atoms. The summed E-state index contributed by atoms with van der Waals surface area (Å²) >= 11 is 0. The summed E-state index contributed by atoms with van der Waals surface area (Å²) in [6, 6.07) is 0. The maximum Gasteiger partial charge on any atom is 0.239 e. The van der Waals surface area contributed by atoms with Gasteiger partial charge in [-0.25, -0.2) is 0 Å². The minimum atomic E-state index is -0.490. The Bertz CT molecular complexity index is 338. The van der Waals surface area contributed by atoms with Crippen LogP contribution in [0.3, 0.4) is 0 Å². The largest absolute Gasteiger partial charge is 0.368 e. The number of nitrogens with two attached hydrogens (primary N) is 1. The zero-order valence-corrected chi connectivity index (χ0v) is 12.7. The molecule has 1 aliphatic carbocycles. The lowest BCUT2D eigenvalue weighted by molar-refractivity contribution is -0.126. The summed E-state index contributed by atoms with van der Waals surface area (Å²) in [6.45, 7) is 10.5. The van der Waals surface area contributed by atoms with Gasteiger partial charge in [-0.2, -0.15) is 0 Å². The van der Waals surface area contributed by atoms with Gasteiger partial charge in [-0.1, -0.05) is 20.8 Å². The first-order valence-electron chi connectivity index (χ1n) is 7.67. The molecule has 0 spiro atoms. The number of rotatable bonds is 7. The molecule has 2 rings (SSSR count). The van der Waals surface area contributed by atoms with E-state index < -0.39 is 5.54 Å². The number of carbonyl (C=O) groups is 1. The molecule has 0 aromatic rings. The average molecular weight is 267 g/mol. The van der Waals surface area contributed by atoms with Gasteiger partial charge >= 0.3 is 0 Å². The maximum absolute atomic E-state index is 12.1. The first kappa shape index (κ1) is 14.8. The first-order valence-corrected chi connectivity index (χ1v) is 7.67. The molecule has 0 aromatic carbocycles. The summed E-state index contributed by atoms with van der Waals surface area (Å²) in [7, 11) is 0. The minimum absolute atomic E-state index is 0.159. The number of amides is 1. The van der Waals surface area contributed by atoms with Crippen LogP contribution in [-0.4, -0.2) is 42.5 Å². The van der Waals surface area contributed by atoms with Crippen molar-refractivity contribution in [3.05, 3.63) is 0 Å². The van der Waals surface area contributed by atoms with Gasteiger partial charge in [0.1, 0.15) is 5.54 Å². The lowest BCUT2D eigenvalue weighted by Gasteiger charge is -2.36. The molecule has 0 aromatic heterocycles. The number of nitrogens with zero attached hydrogens (tertiary/aromatic N) is 1. The summed E-state index contributed by atoms with van der Waals surface area (Å²) in [4.78, 5) is 14.5. The second-order valence-corrected chi connectivity index (χ2v) is 7.16. The highest BCUT2D eigenvalue weighted by atomic mass is 16.1. The topological polar surface area (TPSA) is 58.4 Å². The molecule has 1 saturated carbocycles. The Labute approximate surface area is 117 Å². The number of likely N-dealkylation sites (tertiary alicyclic amines) is 1. The predicted molar refractivity (Wildman–Crippen MR) is 77.8 cm³/mol. The van der Waals surface area contributed by atoms with E-state index in [4.69, 9.17) is 5.73 Å². The molecule has 2 fully saturated rings. The van der Waals surface area contributed by atoms with Gasteiger partial charge in [0.15, 0.2) is 0 Å². The Morgan fingerprint density at radius 3 is 2.58 bits per heavy atom. The molecule has 4 nitrogen and oxygen atoms in total. The molecule has 2 aliphatic rings. The quantitative estimate of drug-likeness (QED) is 0.732. The zero-order valence-electron chi connectivity index (χ0n) is 12.7. The number of hydrogen-bond acceptors (Lipinski definition) is 3. The third kappa shape index (κ3) is 3.29. The molecule has 4 heteroatoms. The zero-order chi connectivity index (χ0) is 14.1. The van der Waals surface area contributed by atoms with Crippen LogP contribution in [0.25, 0.3) is 0 Å². The second kappa shape index (κ2) is 5.41. The van der Waals surface area contributed by atoms with Crippen molar-refractivity contribution < 1.29 is 4.79 Å². The van der Waals surface area contributed by atoms with Crippen molar-refractivity contribution in [2.45, 2.75) is 52.0 Å². The molecular formula is C15H29N3O. The van der Waals surface area contributed by atoms with Crippen LogP contribution in [0.2, 0.25) is 0 Å². The van der Waals surface area contributed by atoms with Crippen LogP contribution >= 0.6 is 0 Å². The number of hydrogen-bond donors (Lipinski definition) is 2. The summed E-state index contributed by atoms with van der Waals surface area (Å²) in [5.74, 6) is 0.286. The Balaban J connectivity index is 2.06. The maximum atomic E-state index is 12.1. The van der Waals surface area contributed by atoms with Crippen LogP contribution in [-0.2, 0) is 4.79 Å². The van der Waals surface area contributed by atoms with Gasteiger partial charge in [0, 0.05) is 13.1 Å². The fraction of sp³-hybridized carbons (Fsp3) is 0.933. The predicted octanol–water partition coefficient (Wildman–Crippen LogP) is 1.35. The molecule has 1 atom stereocenters. The molecule has 1 aliphatic heterocycles. The number of nitrogens with one attached hydrogen (secondary N) is 1. The van der Waals surface area contributed by atoms with Crippen molar-refractivity contribution in [3.63, 3.8) is 0 Å². The van der Waals surface area contributed by atoms with E-state index in [-0.39, 0.29) is 5.91 Å². The summed E-state index contributed by atoms with van der Waals surface area (Å²) < 4.78 is 0. The van der Waals surface area contributed by atoms with Crippen LogP contribution < -0.4 is 11.1 Å². The van der Waals surface area contributed by atoms with E-state index >= 15 is 0 Å². The molecule has 0 radical (unpaired) electrons. The Hall–Kier alpha value is -0.610. The van der Waals surface area contributed by atoms with E-state index in [0.717, 1.165) is 45.4 Å². The molecule has 3 N–H and O–H groups in total. The number of carbonyl (C=O) groups excluding carboxylic acids is 1. The van der Waals surface area contributed by atoms with E-state index in [2.05, 4.69) is 31.0 Å². The second-order valence-electron chi connectivity index (χ2n) is 7.16. The van der Waals surface area contributed by atoms with Gasteiger partial charge in [0.05, 0.1) is 0 Å². The summed E-state index contributed by atoms with van der Waals surface area (Å²) in [5, 5.41) is 3.48. The highest BCUT2D eigenvalue weighted by Crippen LogP contribution is 2.41. The monoisotopic (exact) mass is 267 g/mol. The molecule has 1 saturated heterocycles. The van der Waals surface area contributed by atoms with Crippen LogP contribution in [0.15, 0.2) is 0 Å². The van der Waals surface area contributed by atoms with Gasteiger partial charge in [-0.15, -0.1) is 0 Å². The van der Waals surface area contributed by atoms with Gasteiger partial charge < -0.3 is 16.0 Å². The summed E-state index contributed by atoms with van der Waals surface area (Å²) in [6.07, 6.45) is 4.52.